The fraction of sp³-hybridized carbons (Fsp3) is 0.379. The summed E-state index contributed by atoms with van der Waals surface area (Å²) in [6, 6.07) is 16.3. The quantitative estimate of drug-likeness (QED) is 0.449. The molecule has 3 aromatic rings. The predicted molar refractivity (Wildman–Crippen MR) is 144 cm³/mol. The zero-order valence-electron chi connectivity index (χ0n) is 21.5. The lowest BCUT2D eigenvalue weighted by Gasteiger charge is -2.36. The van der Waals surface area contributed by atoms with Crippen molar-refractivity contribution < 1.29 is 14.3 Å². The zero-order valence-corrected chi connectivity index (χ0v) is 21.5. The normalized spacial score (nSPS) is 13.9. The summed E-state index contributed by atoms with van der Waals surface area (Å²) in [6.07, 6.45) is 4.52. The van der Waals surface area contributed by atoms with Gasteiger partial charge in [-0.05, 0) is 55.3 Å². The molecule has 190 valence electrons. The van der Waals surface area contributed by atoms with E-state index >= 15 is 0 Å². The SMILES string of the molecule is CCCNC(=O)c1ccc(N2CCN(Cc3ccc(-c4cncc(OCC)c4)cc3OC)CC2)cc1. The first kappa shape index (κ1) is 25.5. The molecule has 0 radical (unpaired) electrons. The standard InChI is InChI=1S/C29H36N4O3/c1-4-12-31-29(34)22-8-10-26(11-9-22)33-15-13-32(14-16-33)21-24-7-6-23(18-28(24)35-3)25-17-27(36-5-2)20-30-19-25/h6-11,17-20H,4-5,12-16,21H2,1-3H3,(H,31,34). The maximum Gasteiger partial charge on any atom is 0.251 e. The highest BCUT2D eigenvalue weighted by Crippen LogP contribution is 2.30. The molecule has 1 aliphatic heterocycles. The summed E-state index contributed by atoms with van der Waals surface area (Å²) < 4.78 is 11.3. The average molecular weight is 489 g/mol. The molecule has 0 aliphatic carbocycles. The van der Waals surface area contributed by atoms with Crippen LogP contribution in [0.25, 0.3) is 11.1 Å². The Hall–Kier alpha value is -3.58. The number of hydrogen-bond acceptors (Lipinski definition) is 6. The molecule has 7 nitrogen and oxygen atoms in total. The van der Waals surface area contributed by atoms with Gasteiger partial charge >= 0.3 is 0 Å². The fourth-order valence-electron chi connectivity index (χ4n) is 4.45. The monoisotopic (exact) mass is 488 g/mol. The third kappa shape index (κ3) is 6.34. The second-order valence-electron chi connectivity index (χ2n) is 8.93. The van der Waals surface area contributed by atoms with Gasteiger partial charge in [0.25, 0.3) is 5.91 Å². The summed E-state index contributed by atoms with van der Waals surface area (Å²) in [5, 5.41) is 2.93. The van der Waals surface area contributed by atoms with Crippen LogP contribution in [0.5, 0.6) is 11.5 Å². The van der Waals surface area contributed by atoms with E-state index in [2.05, 4.69) is 45.2 Å². The molecular formula is C29H36N4O3. The van der Waals surface area contributed by atoms with E-state index in [4.69, 9.17) is 9.47 Å². The van der Waals surface area contributed by atoms with Crippen LogP contribution in [0, 0.1) is 0 Å². The largest absolute Gasteiger partial charge is 0.496 e. The molecule has 1 aromatic heterocycles. The minimum absolute atomic E-state index is 0.00792. The van der Waals surface area contributed by atoms with Crippen LogP contribution < -0.4 is 19.7 Å². The molecule has 7 heteroatoms. The minimum atomic E-state index is -0.00792. The first-order chi connectivity index (χ1) is 17.6. The molecule has 1 N–H and O–H groups in total. The molecule has 1 amide bonds. The van der Waals surface area contributed by atoms with Crippen molar-refractivity contribution in [2.24, 2.45) is 0 Å². The van der Waals surface area contributed by atoms with Crippen molar-refractivity contribution in [2.75, 3.05) is 51.3 Å². The van der Waals surface area contributed by atoms with Gasteiger partial charge in [0.1, 0.15) is 11.5 Å². The number of aromatic nitrogens is 1. The van der Waals surface area contributed by atoms with E-state index in [1.165, 1.54) is 5.56 Å². The van der Waals surface area contributed by atoms with Gasteiger partial charge in [-0.1, -0.05) is 19.1 Å². The maximum atomic E-state index is 12.2. The lowest BCUT2D eigenvalue weighted by molar-refractivity contribution is 0.0953. The van der Waals surface area contributed by atoms with E-state index in [0.29, 0.717) is 18.7 Å². The number of nitrogens with one attached hydrogen (secondary N) is 1. The molecular weight excluding hydrogens is 452 g/mol. The van der Waals surface area contributed by atoms with Gasteiger partial charge in [-0.3, -0.25) is 14.7 Å². The number of rotatable bonds is 10. The first-order valence-electron chi connectivity index (χ1n) is 12.7. The third-order valence-electron chi connectivity index (χ3n) is 6.44. The van der Waals surface area contributed by atoms with Gasteiger partial charge in [0, 0.05) is 67.8 Å². The van der Waals surface area contributed by atoms with Crippen molar-refractivity contribution in [1.29, 1.82) is 0 Å². The Labute approximate surface area is 214 Å². The predicted octanol–water partition coefficient (Wildman–Crippen LogP) is 4.62. The van der Waals surface area contributed by atoms with E-state index in [0.717, 1.165) is 67.5 Å². The van der Waals surface area contributed by atoms with Gasteiger partial charge in [0.05, 0.1) is 19.9 Å². The van der Waals surface area contributed by atoms with Crippen LogP contribution in [0.4, 0.5) is 5.69 Å². The first-order valence-corrected chi connectivity index (χ1v) is 12.7. The van der Waals surface area contributed by atoms with E-state index in [-0.39, 0.29) is 5.91 Å². The highest BCUT2D eigenvalue weighted by Gasteiger charge is 2.19. The van der Waals surface area contributed by atoms with Gasteiger partial charge < -0.3 is 19.7 Å². The van der Waals surface area contributed by atoms with Crippen molar-refractivity contribution in [2.45, 2.75) is 26.8 Å². The van der Waals surface area contributed by atoms with Crippen LogP contribution in [0.2, 0.25) is 0 Å². The van der Waals surface area contributed by atoms with Crippen molar-refractivity contribution in [3.63, 3.8) is 0 Å². The van der Waals surface area contributed by atoms with Crippen LogP contribution >= 0.6 is 0 Å². The Balaban J connectivity index is 1.35. The van der Waals surface area contributed by atoms with E-state index < -0.39 is 0 Å². The second kappa shape index (κ2) is 12.4. The van der Waals surface area contributed by atoms with Gasteiger partial charge in [-0.2, -0.15) is 0 Å². The Morgan fingerprint density at radius 2 is 1.75 bits per heavy atom. The third-order valence-corrected chi connectivity index (χ3v) is 6.44. The van der Waals surface area contributed by atoms with Crippen molar-refractivity contribution >= 4 is 11.6 Å². The van der Waals surface area contributed by atoms with Crippen LogP contribution in [-0.4, -0.2) is 62.2 Å². The number of nitrogens with zero attached hydrogens (tertiary/aromatic N) is 3. The summed E-state index contributed by atoms with van der Waals surface area (Å²) in [4.78, 5) is 21.3. The summed E-state index contributed by atoms with van der Waals surface area (Å²) in [5.74, 6) is 1.64. The molecule has 1 fully saturated rings. The Morgan fingerprint density at radius 1 is 0.972 bits per heavy atom. The number of benzene rings is 2. The lowest BCUT2D eigenvalue weighted by atomic mass is 10.0. The fourth-order valence-corrected chi connectivity index (χ4v) is 4.45. The summed E-state index contributed by atoms with van der Waals surface area (Å²) in [6.45, 7) is 9.98. The summed E-state index contributed by atoms with van der Waals surface area (Å²) >= 11 is 0. The van der Waals surface area contributed by atoms with Gasteiger partial charge in [-0.25, -0.2) is 0 Å². The topological polar surface area (TPSA) is 66.9 Å². The second-order valence-corrected chi connectivity index (χ2v) is 8.93. The molecule has 0 atom stereocenters. The molecule has 0 unspecified atom stereocenters. The highest BCUT2D eigenvalue weighted by atomic mass is 16.5. The van der Waals surface area contributed by atoms with E-state index in [1.54, 1.807) is 13.3 Å². The van der Waals surface area contributed by atoms with Crippen LogP contribution in [0.1, 0.15) is 36.2 Å². The van der Waals surface area contributed by atoms with Crippen molar-refractivity contribution in [3.8, 4) is 22.6 Å². The van der Waals surface area contributed by atoms with Gasteiger partial charge in [-0.15, -0.1) is 0 Å². The Kier molecular flexibility index (Phi) is 8.79. The maximum absolute atomic E-state index is 12.2. The Bertz CT molecular complexity index is 1140. The van der Waals surface area contributed by atoms with E-state index in [9.17, 15) is 4.79 Å². The molecule has 0 spiro atoms. The number of anilines is 1. The molecule has 2 aromatic carbocycles. The smallest absolute Gasteiger partial charge is 0.251 e. The molecule has 4 rings (SSSR count). The number of ether oxygens (including phenoxy) is 2. The summed E-state index contributed by atoms with van der Waals surface area (Å²) in [7, 11) is 1.72. The molecule has 0 bridgehead atoms. The molecule has 1 saturated heterocycles. The average Bonchev–Trinajstić information content (AvgIpc) is 2.93. The number of amides is 1. The molecule has 0 saturated carbocycles. The highest BCUT2D eigenvalue weighted by molar-refractivity contribution is 5.94. The number of hydrogen-bond donors (Lipinski definition) is 1. The number of methoxy groups -OCH3 is 1. The number of carbonyl (C=O) groups is 1. The van der Waals surface area contributed by atoms with Gasteiger partial charge in [0.15, 0.2) is 0 Å². The van der Waals surface area contributed by atoms with Crippen LogP contribution in [-0.2, 0) is 6.54 Å². The van der Waals surface area contributed by atoms with E-state index in [1.807, 2.05) is 43.5 Å². The summed E-state index contributed by atoms with van der Waals surface area (Å²) in [5.41, 5.74) is 5.11. The molecule has 36 heavy (non-hydrogen) atoms. The Morgan fingerprint density at radius 3 is 2.44 bits per heavy atom. The number of pyridine rings is 1. The van der Waals surface area contributed by atoms with Crippen LogP contribution in [0.3, 0.4) is 0 Å². The molecule has 2 heterocycles. The lowest BCUT2D eigenvalue weighted by Crippen LogP contribution is -2.46. The van der Waals surface area contributed by atoms with Crippen molar-refractivity contribution in [3.05, 3.63) is 72.1 Å². The minimum Gasteiger partial charge on any atom is -0.496 e. The van der Waals surface area contributed by atoms with Crippen LogP contribution in [0.15, 0.2) is 60.9 Å². The number of carbonyl (C=O) groups excluding carboxylic acids is 1. The van der Waals surface area contributed by atoms with Crippen molar-refractivity contribution in [1.82, 2.24) is 15.2 Å². The number of piperazine rings is 1. The van der Waals surface area contributed by atoms with Gasteiger partial charge in [0.2, 0.25) is 0 Å². The zero-order chi connectivity index (χ0) is 25.3. The molecule has 1 aliphatic rings.